The Morgan fingerprint density at radius 3 is 2.13 bits per heavy atom. The van der Waals surface area contributed by atoms with E-state index < -0.39 is 76.1 Å². The number of hydrogen-bond acceptors (Lipinski definition) is 14. The molecule has 0 bridgehead atoms. The van der Waals surface area contributed by atoms with E-state index in [1.54, 1.807) is 62.7 Å². The fraction of sp³-hybridized carbons (Fsp3) is 0.673. The van der Waals surface area contributed by atoms with E-state index in [4.69, 9.17) is 14.2 Å². The smallest absolute Gasteiger partial charge is 0.410 e. The van der Waals surface area contributed by atoms with Crippen LogP contribution in [0.1, 0.15) is 107 Å². The Morgan fingerprint density at radius 2 is 1.59 bits per heavy atom. The zero-order valence-corrected chi connectivity index (χ0v) is 44.5. The van der Waals surface area contributed by atoms with Crippen molar-refractivity contribution >= 4 is 57.0 Å². The highest BCUT2D eigenvalue weighted by atomic mass is 33.1. The molecule has 1 aromatic heterocycles. The van der Waals surface area contributed by atoms with Crippen molar-refractivity contribution in [2.75, 3.05) is 41.5 Å². The second-order valence-electron chi connectivity index (χ2n) is 19.4. The molecule has 0 aliphatic carbocycles. The van der Waals surface area contributed by atoms with Gasteiger partial charge in [-0.2, -0.15) is 0 Å². The van der Waals surface area contributed by atoms with Crippen molar-refractivity contribution in [3.8, 4) is 0 Å². The third-order valence-electron chi connectivity index (χ3n) is 12.9. The number of nitrogens with one attached hydrogen (secondary N) is 2. The van der Waals surface area contributed by atoms with E-state index in [0.717, 1.165) is 0 Å². The van der Waals surface area contributed by atoms with Gasteiger partial charge in [-0.05, 0) is 73.8 Å². The van der Waals surface area contributed by atoms with Crippen LogP contribution in [0.25, 0.3) is 0 Å². The van der Waals surface area contributed by atoms with Gasteiger partial charge >= 0.3 is 6.09 Å². The van der Waals surface area contributed by atoms with Crippen molar-refractivity contribution in [3.63, 3.8) is 0 Å². The number of nitro groups is 1. The lowest BCUT2D eigenvalue weighted by Crippen LogP contribution is -2.60. The summed E-state index contributed by atoms with van der Waals surface area (Å²) in [6.45, 7) is 18.9. The minimum atomic E-state index is -0.997. The van der Waals surface area contributed by atoms with Crippen molar-refractivity contribution in [2.45, 2.75) is 153 Å². The minimum Gasteiger partial charge on any atom is -0.448 e. The molecule has 20 heteroatoms. The van der Waals surface area contributed by atoms with Crippen molar-refractivity contribution in [1.82, 2.24) is 30.3 Å². The van der Waals surface area contributed by atoms with Crippen LogP contribution >= 0.6 is 21.6 Å². The first-order chi connectivity index (χ1) is 32.4. The van der Waals surface area contributed by atoms with Crippen LogP contribution in [-0.4, -0.2) is 148 Å². The molecule has 10 atom stereocenters. The summed E-state index contributed by atoms with van der Waals surface area (Å²) < 4.78 is 17.1. The number of amides is 5. The second kappa shape index (κ2) is 27.2. The molecule has 0 saturated carbocycles. The Morgan fingerprint density at radius 1 is 0.942 bits per heavy atom. The lowest BCUT2D eigenvalue weighted by molar-refractivity contribution is -0.385. The maximum Gasteiger partial charge on any atom is 0.410 e. The number of aromatic nitrogens is 1. The summed E-state index contributed by atoms with van der Waals surface area (Å²) in [6.07, 6.45) is 0.0945. The summed E-state index contributed by atoms with van der Waals surface area (Å²) in [4.78, 5) is 89.4. The molecule has 18 nitrogen and oxygen atoms in total. The van der Waals surface area contributed by atoms with E-state index in [1.165, 1.54) is 60.0 Å². The van der Waals surface area contributed by atoms with Gasteiger partial charge in [0.15, 0.2) is 0 Å². The standard InChI is InChI=1S/C49H77N7O11S2/c1-15-31(6)42(37(65-13)26-39(57)55-25-19-22-36(55)44(66-14)32(7)45(59)51-33(8)43(58)34-20-17-16-18-21-34)53(11)47(61)40(29(2)3)52-46(60)41(30(4)5)54(12)48(62)67-28-49(9,10)69-68-38-24-23-35(27-50-38)56(63)64/h16-18,20-21,23-24,27,29-33,36-37,40-44,58H,15,19,22,25-26,28H2,1-14H3,(H,51,59)(H,52,60)/t31-,32+,33+,36-,37+,40-,41-,42-,43+,44+/m0/s1. The van der Waals surface area contributed by atoms with Crippen LogP contribution in [-0.2, 0) is 33.4 Å². The highest BCUT2D eigenvalue weighted by molar-refractivity contribution is 8.77. The van der Waals surface area contributed by atoms with Gasteiger partial charge in [-0.25, -0.2) is 9.78 Å². The Balaban J connectivity index is 1.72. The summed E-state index contributed by atoms with van der Waals surface area (Å²) in [7, 11) is 8.84. The summed E-state index contributed by atoms with van der Waals surface area (Å²) in [5.41, 5.74) is 0.565. The van der Waals surface area contributed by atoms with Gasteiger partial charge in [0.2, 0.25) is 23.6 Å². The van der Waals surface area contributed by atoms with E-state index in [-0.39, 0.29) is 54.2 Å². The molecule has 0 spiro atoms. The number of methoxy groups -OCH3 is 2. The van der Waals surface area contributed by atoms with E-state index in [1.807, 2.05) is 59.7 Å². The van der Waals surface area contributed by atoms with Gasteiger partial charge < -0.3 is 39.8 Å². The number of likely N-dealkylation sites (N-methyl/N-ethyl adjacent to an activating group) is 2. The summed E-state index contributed by atoms with van der Waals surface area (Å²) in [6, 6.07) is 8.46. The van der Waals surface area contributed by atoms with Crippen LogP contribution in [0.4, 0.5) is 10.5 Å². The molecule has 3 N–H and O–H groups in total. The number of nitrogens with zero attached hydrogens (tertiary/aromatic N) is 5. The number of aliphatic hydroxyl groups is 1. The van der Waals surface area contributed by atoms with Crippen LogP contribution in [0.3, 0.4) is 0 Å². The third kappa shape index (κ3) is 16.3. The summed E-state index contributed by atoms with van der Waals surface area (Å²) in [5, 5.41) is 28.3. The van der Waals surface area contributed by atoms with E-state index >= 15 is 0 Å². The number of carbonyl (C=O) groups is 5. The average Bonchev–Trinajstić information content (AvgIpc) is 3.81. The number of pyridine rings is 1. The van der Waals surface area contributed by atoms with Crippen molar-refractivity contribution in [2.24, 2.45) is 23.7 Å². The first-order valence-electron chi connectivity index (χ1n) is 23.7. The monoisotopic (exact) mass is 1000 g/mol. The van der Waals surface area contributed by atoms with Gasteiger partial charge in [0.25, 0.3) is 5.69 Å². The number of carbonyl (C=O) groups excluding carboxylic acids is 5. The molecule has 0 radical (unpaired) electrons. The predicted octanol–water partition coefficient (Wildman–Crippen LogP) is 6.90. The van der Waals surface area contributed by atoms with E-state index in [9.17, 15) is 39.2 Å². The normalized spacial score (nSPS) is 18.0. The molecular weight excluding hydrogens is 927 g/mol. The first-order valence-corrected chi connectivity index (χ1v) is 25.9. The Hall–Kier alpha value is -4.50. The number of benzene rings is 1. The third-order valence-corrected chi connectivity index (χ3v) is 16.1. The second-order valence-corrected chi connectivity index (χ2v) is 22.2. The van der Waals surface area contributed by atoms with E-state index in [0.29, 0.717) is 36.4 Å². The molecule has 5 amide bonds. The van der Waals surface area contributed by atoms with Crippen molar-refractivity contribution < 1.29 is 48.2 Å². The van der Waals surface area contributed by atoms with Crippen LogP contribution < -0.4 is 10.6 Å². The average molecular weight is 1000 g/mol. The zero-order chi connectivity index (χ0) is 51.9. The molecule has 1 saturated heterocycles. The van der Waals surface area contributed by atoms with Crippen LogP contribution in [0.15, 0.2) is 53.7 Å². The van der Waals surface area contributed by atoms with Gasteiger partial charge in [-0.3, -0.25) is 34.2 Å². The van der Waals surface area contributed by atoms with Gasteiger partial charge in [0.1, 0.15) is 29.9 Å². The van der Waals surface area contributed by atoms with Crippen molar-refractivity contribution in [1.29, 1.82) is 0 Å². The molecule has 69 heavy (non-hydrogen) atoms. The Kier molecular flexibility index (Phi) is 23.2. The Bertz CT molecular complexity index is 2000. The molecule has 3 rings (SSSR count). The molecule has 2 heterocycles. The number of rotatable bonds is 26. The number of ether oxygens (including phenoxy) is 3. The van der Waals surface area contributed by atoms with Crippen LogP contribution in [0, 0.1) is 33.8 Å². The highest BCUT2D eigenvalue weighted by Gasteiger charge is 2.44. The molecule has 1 aliphatic heterocycles. The number of hydrogen-bond donors (Lipinski definition) is 3. The maximum atomic E-state index is 14.6. The molecule has 386 valence electrons. The quantitative estimate of drug-likeness (QED) is 0.0496. The predicted molar refractivity (Wildman–Crippen MR) is 268 cm³/mol. The Labute approximate surface area is 416 Å². The highest BCUT2D eigenvalue weighted by Crippen LogP contribution is 2.40. The summed E-state index contributed by atoms with van der Waals surface area (Å²) in [5.74, 6) is -2.94. The van der Waals surface area contributed by atoms with E-state index in [2.05, 4.69) is 15.6 Å². The molecule has 1 aromatic carbocycles. The minimum absolute atomic E-state index is 0.0202. The fourth-order valence-corrected chi connectivity index (χ4v) is 10.7. The number of aliphatic hydroxyl groups excluding tert-OH is 1. The maximum absolute atomic E-state index is 14.6. The molecule has 2 aromatic rings. The molecule has 1 fully saturated rings. The fourth-order valence-electron chi connectivity index (χ4n) is 8.74. The van der Waals surface area contributed by atoms with Crippen LogP contribution in [0.5, 0.6) is 0 Å². The molecule has 0 unspecified atom stereocenters. The SMILES string of the molecule is CC[C@H](C)[C@@H]([C@@H](CC(=O)N1CCC[C@H]1[C@H](OC)[C@@H](C)C(=O)N[C@H](C)[C@@H](O)c1ccccc1)OC)N(C)C(=O)[C@@H](NC(=O)[C@H](C(C)C)N(C)C(=O)OCC(C)(C)SSc1ccc([N+](=O)[O-])cn1)C(C)C. The van der Waals surface area contributed by atoms with Crippen LogP contribution in [0.2, 0.25) is 0 Å². The van der Waals surface area contributed by atoms with Gasteiger partial charge in [0.05, 0.1) is 58.4 Å². The zero-order valence-electron chi connectivity index (χ0n) is 42.9. The molecule has 1 aliphatic rings. The lowest BCUT2D eigenvalue weighted by atomic mass is 9.89. The summed E-state index contributed by atoms with van der Waals surface area (Å²) >= 11 is 0. The van der Waals surface area contributed by atoms with Gasteiger partial charge in [0, 0.05) is 40.9 Å². The van der Waals surface area contributed by atoms with Crippen molar-refractivity contribution in [3.05, 3.63) is 64.3 Å². The largest absolute Gasteiger partial charge is 0.448 e. The number of likely N-dealkylation sites (tertiary alicyclic amines) is 1. The topological polar surface area (TPSA) is 223 Å². The first kappa shape index (κ1) is 58.8. The lowest BCUT2D eigenvalue weighted by Gasteiger charge is -2.41. The van der Waals surface area contributed by atoms with Gasteiger partial charge in [-0.1, -0.05) is 96.0 Å². The molecular formula is C49H77N7O11S2. The van der Waals surface area contributed by atoms with Gasteiger partial charge in [-0.15, -0.1) is 0 Å².